The molecule has 2 aliphatic rings. The number of hydrogen-bond acceptors (Lipinski definition) is 2. The second-order valence-corrected chi connectivity index (χ2v) is 5.41. The molecule has 1 aromatic rings. The maximum Gasteiger partial charge on any atom is 0.314 e. The summed E-state index contributed by atoms with van der Waals surface area (Å²) in [5.74, 6) is 0.0720. The molecule has 3 rings (SSSR count). The molecule has 0 radical (unpaired) electrons. The molecule has 0 amide bonds. The van der Waals surface area contributed by atoms with E-state index in [1.165, 1.54) is 6.42 Å². The van der Waals surface area contributed by atoms with Crippen LogP contribution in [0.2, 0.25) is 0 Å². The zero-order chi connectivity index (χ0) is 12.6. The van der Waals surface area contributed by atoms with Gasteiger partial charge in [-0.1, -0.05) is 24.6 Å². The van der Waals surface area contributed by atoms with Crippen LogP contribution in [0.15, 0.2) is 24.3 Å². The lowest BCUT2D eigenvalue weighted by molar-refractivity contribution is -0.147. The molecule has 3 nitrogen and oxygen atoms in total. The van der Waals surface area contributed by atoms with E-state index in [9.17, 15) is 9.90 Å². The molecule has 0 aliphatic heterocycles. The monoisotopic (exact) mass is 246 g/mol. The lowest BCUT2D eigenvalue weighted by atomic mass is 9.64. The number of para-hydroxylation sites is 1. The third-order valence-corrected chi connectivity index (χ3v) is 4.36. The first-order valence-corrected chi connectivity index (χ1v) is 6.72. The van der Waals surface area contributed by atoms with Crippen molar-refractivity contribution in [3.63, 3.8) is 0 Å². The second-order valence-electron chi connectivity index (χ2n) is 5.41. The van der Waals surface area contributed by atoms with Crippen LogP contribution in [0.1, 0.15) is 44.1 Å². The van der Waals surface area contributed by atoms with Crippen LogP contribution >= 0.6 is 0 Å². The Balaban J connectivity index is 1.92. The highest BCUT2D eigenvalue weighted by Gasteiger charge is 2.47. The zero-order valence-electron chi connectivity index (χ0n) is 10.4. The largest absolute Gasteiger partial charge is 0.490 e. The van der Waals surface area contributed by atoms with Crippen LogP contribution < -0.4 is 4.74 Å². The van der Waals surface area contributed by atoms with Gasteiger partial charge in [-0.05, 0) is 38.2 Å². The lowest BCUT2D eigenvalue weighted by Gasteiger charge is -2.39. The summed E-state index contributed by atoms with van der Waals surface area (Å²) < 4.78 is 5.95. The third kappa shape index (κ3) is 1.69. The van der Waals surface area contributed by atoms with Crippen LogP contribution in [0.5, 0.6) is 5.75 Å². The van der Waals surface area contributed by atoms with Gasteiger partial charge in [0, 0.05) is 5.56 Å². The van der Waals surface area contributed by atoms with E-state index in [1.54, 1.807) is 0 Å². The van der Waals surface area contributed by atoms with E-state index in [0.717, 1.165) is 43.4 Å². The van der Waals surface area contributed by atoms with Gasteiger partial charge in [0.2, 0.25) is 0 Å². The average molecular weight is 246 g/mol. The Morgan fingerprint density at radius 1 is 1.22 bits per heavy atom. The Labute approximate surface area is 107 Å². The van der Waals surface area contributed by atoms with Crippen LogP contribution in [0, 0.1) is 0 Å². The summed E-state index contributed by atoms with van der Waals surface area (Å²) in [6.45, 7) is 0. The van der Waals surface area contributed by atoms with E-state index >= 15 is 0 Å². The van der Waals surface area contributed by atoms with Crippen molar-refractivity contribution >= 4 is 5.97 Å². The lowest BCUT2D eigenvalue weighted by Crippen LogP contribution is -2.43. The quantitative estimate of drug-likeness (QED) is 0.887. The van der Waals surface area contributed by atoms with Gasteiger partial charge in [0.25, 0.3) is 0 Å². The highest BCUT2D eigenvalue weighted by Crippen LogP contribution is 2.47. The first-order valence-electron chi connectivity index (χ1n) is 6.72. The van der Waals surface area contributed by atoms with Crippen molar-refractivity contribution < 1.29 is 14.6 Å². The van der Waals surface area contributed by atoms with E-state index in [0.29, 0.717) is 0 Å². The van der Waals surface area contributed by atoms with Crippen LogP contribution in [-0.2, 0) is 10.2 Å². The van der Waals surface area contributed by atoms with Gasteiger partial charge in [-0.2, -0.15) is 0 Å². The Morgan fingerprint density at radius 2 is 1.94 bits per heavy atom. The number of aliphatic carboxylic acids is 1. The fourth-order valence-electron chi connectivity index (χ4n) is 2.76. The van der Waals surface area contributed by atoms with Gasteiger partial charge < -0.3 is 9.84 Å². The Hall–Kier alpha value is -1.51. The number of carboxylic acid groups (broad SMARTS) is 1. The van der Waals surface area contributed by atoms with Gasteiger partial charge in [-0.25, -0.2) is 0 Å². The Kier molecular flexibility index (Phi) is 2.77. The molecule has 0 spiro atoms. The Bertz CT molecular complexity index is 459. The molecular weight excluding hydrogens is 228 g/mol. The van der Waals surface area contributed by atoms with Crippen molar-refractivity contribution in [3.8, 4) is 5.75 Å². The SMILES string of the molecule is O=C(O)C1(c2ccccc2OC2CCC2)CCC1. The molecule has 2 aliphatic carbocycles. The van der Waals surface area contributed by atoms with Crippen molar-refractivity contribution in [2.24, 2.45) is 0 Å². The number of hydrogen-bond donors (Lipinski definition) is 1. The first kappa shape index (κ1) is 11.6. The minimum absolute atomic E-state index is 0.289. The molecule has 3 heteroatoms. The minimum Gasteiger partial charge on any atom is -0.490 e. The van der Waals surface area contributed by atoms with Crippen LogP contribution in [0.4, 0.5) is 0 Å². The fraction of sp³-hybridized carbons (Fsp3) is 0.533. The van der Waals surface area contributed by atoms with Gasteiger partial charge in [-0.15, -0.1) is 0 Å². The van der Waals surface area contributed by atoms with Crippen molar-refractivity contribution in [1.29, 1.82) is 0 Å². The van der Waals surface area contributed by atoms with Gasteiger partial charge >= 0.3 is 5.97 Å². The summed E-state index contributed by atoms with van der Waals surface area (Å²) in [6, 6.07) is 7.66. The molecule has 18 heavy (non-hydrogen) atoms. The molecule has 0 bridgehead atoms. The summed E-state index contributed by atoms with van der Waals surface area (Å²) in [6.07, 6.45) is 6.14. The molecule has 0 unspecified atom stereocenters. The summed E-state index contributed by atoms with van der Waals surface area (Å²) in [5, 5.41) is 9.51. The molecule has 2 saturated carbocycles. The molecule has 2 fully saturated rings. The van der Waals surface area contributed by atoms with Crippen molar-refractivity contribution in [3.05, 3.63) is 29.8 Å². The summed E-state index contributed by atoms with van der Waals surface area (Å²) in [4.78, 5) is 11.6. The predicted octanol–water partition coefficient (Wildman–Crippen LogP) is 3.12. The number of ether oxygens (including phenoxy) is 1. The molecule has 0 atom stereocenters. The molecule has 96 valence electrons. The first-order chi connectivity index (χ1) is 8.72. The fourth-order valence-corrected chi connectivity index (χ4v) is 2.76. The van der Waals surface area contributed by atoms with E-state index < -0.39 is 11.4 Å². The van der Waals surface area contributed by atoms with Crippen LogP contribution in [0.25, 0.3) is 0 Å². The predicted molar refractivity (Wildman–Crippen MR) is 67.9 cm³/mol. The molecular formula is C15H18O3. The molecule has 0 saturated heterocycles. The molecule has 1 N–H and O–H groups in total. The third-order valence-electron chi connectivity index (χ3n) is 4.36. The number of rotatable bonds is 4. The van der Waals surface area contributed by atoms with E-state index in [2.05, 4.69) is 0 Å². The summed E-state index contributed by atoms with van der Waals surface area (Å²) in [7, 11) is 0. The van der Waals surface area contributed by atoms with Crippen molar-refractivity contribution in [2.45, 2.75) is 50.0 Å². The van der Waals surface area contributed by atoms with Crippen molar-refractivity contribution in [2.75, 3.05) is 0 Å². The van der Waals surface area contributed by atoms with Gasteiger partial charge in [-0.3, -0.25) is 4.79 Å². The highest BCUT2D eigenvalue weighted by atomic mass is 16.5. The van der Waals surface area contributed by atoms with Gasteiger partial charge in [0.05, 0.1) is 11.5 Å². The topological polar surface area (TPSA) is 46.5 Å². The van der Waals surface area contributed by atoms with Crippen LogP contribution in [0.3, 0.4) is 0 Å². The number of carbonyl (C=O) groups is 1. The summed E-state index contributed by atoms with van der Waals surface area (Å²) in [5.41, 5.74) is 0.177. The number of benzene rings is 1. The molecule has 0 heterocycles. The average Bonchev–Trinajstić information content (AvgIpc) is 2.23. The maximum absolute atomic E-state index is 11.6. The molecule has 0 aromatic heterocycles. The maximum atomic E-state index is 11.6. The standard InChI is InChI=1S/C15H18O3/c16-14(17)15(9-4-10-15)12-7-1-2-8-13(12)18-11-5-3-6-11/h1-2,7-8,11H,3-6,9-10H2,(H,16,17). The van der Waals surface area contributed by atoms with Crippen molar-refractivity contribution in [1.82, 2.24) is 0 Å². The van der Waals surface area contributed by atoms with E-state index in [4.69, 9.17) is 4.74 Å². The van der Waals surface area contributed by atoms with E-state index in [-0.39, 0.29) is 6.10 Å². The van der Waals surface area contributed by atoms with Gasteiger partial charge in [0.15, 0.2) is 0 Å². The normalized spacial score (nSPS) is 21.8. The number of carboxylic acids is 1. The smallest absolute Gasteiger partial charge is 0.314 e. The van der Waals surface area contributed by atoms with Crippen LogP contribution in [-0.4, -0.2) is 17.2 Å². The zero-order valence-corrected chi connectivity index (χ0v) is 10.4. The minimum atomic E-state index is -0.710. The second kappa shape index (κ2) is 4.30. The van der Waals surface area contributed by atoms with E-state index in [1.807, 2.05) is 24.3 Å². The Morgan fingerprint density at radius 3 is 2.44 bits per heavy atom. The highest BCUT2D eigenvalue weighted by molar-refractivity contribution is 5.83. The summed E-state index contributed by atoms with van der Waals surface area (Å²) >= 11 is 0. The van der Waals surface area contributed by atoms with Gasteiger partial charge in [0.1, 0.15) is 5.75 Å². The molecule has 1 aromatic carbocycles.